The summed E-state index contributed by atoms with van der Waals surface area (Å²) in [5.74, 6) is -1.61. The Morgan fingerprint density at radius 2 is 2.05 bits per heavy atom. The van der Waals surface area contributed by atoms with Gasteiger partial charge in [0.15, 0.2) is 0 Å². The van der Waals surface area contributed by atoms with E-state index in [9.17, 15) is 14.4 Å². The molecule has 0 radical (unpaired) electrons. The minimum Gasteiger partial charge on any atom is -0.480 e. The second-order valence-electron chi connectivity index (χ2n) is 4.35. The Bertz CT molecular complexity index is 608. The molecule has 1 aromatic rings. The number of urea groups is 1. The lowest BCUT2D eigenvalue weighted by molar-refractivity contribution is -0.144. The molecule has 112 valence electrons. The topological polar surface area (TPSA) is 98.7 Å². The monoisotopic (exact) mass is 331 g/mol. The summed E-state index contributed by atoms with van der Waals surface area (Å²) in [6, 6.07) is 2.63. The third kappa shape index (κ3) is 3.56. The fourth-order valence-electron chi connectivity index (χ4n) is 1.84. The van der Waals surface area contributed by atoms with Crippen LogP contribution in [-0.4, -0.2) is 47.0 Å². The second kappa shape index (κ2) is 6.19. The molecule has 1 aliphatic rings. The van der Waals surface area contributed by atoms with Gasteiger partial charge in [-0.25, -0.2) is 9.59 Å². The van der Waals surface area contributed by atoms with Gasteiger partial charge in [0.25, 0.3) is 0 Å². The van der Waals surface area contributed by atoms with E-state index in [0.29, 0.717) is 10.7 Å². The average molecular weight is 332 g/mol. The molecule has 0 aromatic heterocycles. The van der Waals surface area contributed by atoms with Crippen molar-refractivity contribution in [1.29, 1.82) is 0 Å². The number of carbonyl (C=O) groups excluding carboxylic acids is 2. The van der Waals surface area contributed by atoms with Crippen LogP contribution >= 0.6 is 23.2 Å². The molecule has 0 bridgehead atoms. The summed E-state index contributed by atoms with van der Waals surface area (Å²) in [4.78, 5) is 35.5. The van der Waals surface area contributed by atoms with E-state index in [-0.39, 0.29) is 18.1 Å². The quantitative estimate of drug-likeness (QED) is 0.762. The molecule has 1 atom stereocenters. The highest BCUT2D eigenvalue weighted by atomic mass is 35.5. The van der Waals surface area contributed by atoms with Gasteiger partial charge >= 0.3 is 12.0 Å². The maximum atomic E-state index is 12.1. The number of nitrogens with one attached hydrogen (secondary N) is 2. The molecular formula is C12H11Cl2N3O4. The first kappa shape index (κ1) is 15.4. The van der Waals surface area contributed by atoms with Crippen LogP contribution in [0.4, 0.5) is 10.5 Å². The van der Waals surface area contributed by atoms with Gasteiger partial charge in [-0.1, -0.05) is 23.2 Å². The number of rotatable bonds is 2. The van der Waals surface area contributed by atoms with Gasteiger partial charge in [0.1, 0.15) is 12.6 Å². The number of hydrogen-bond donors (Lipinski definition) is 3. The third-order valence-corrected chi connectivity index (χ3v) is 3.64. The first-order valence-corrected chi connectivity index (χ1v) is 6.66. The van der Waals surface area contributed by atoms with Crippen molar-refractivity contribution in [3.63, 3.8) is 0 Å². The summed E-state index contributed by atoms with van der Waals surface area (Å²) in [6.07, 6.45) is 0. The van der Waals surface area contributed by atoms with Crippen LogP contribution in [0, 0.1) is 0 Å². The minimum absolute atomic E-state index is 0.136. The number of piperazine rings is 1. The van der Waals surface area contributed by atoms with Crippen molar-refractivity contribution in [2.24, 2.45) is 0 Å². The van der Waals surface area contributed by atoms with E-state index in [0.717, 1.165) is 4.90 Å². The number of carbonyl (C=O) groups is 3. The first-order valence-electron chi connectivity index (χ1n) is 5.90. The molecule has 1 aromatic carbocycles. The molecule has 21 heavy (non-hydrogen) atoms. The van der Waals surface area contributed by atoms with E-state index in [1.54, 1.807) is 0 Å². The second-order valence-corrected chi connectivity index (χ2v) is 5.16. The number of halogens is 2. The Hall–Kier alpha value is -1.99. The highest BCUT2D eigenvalue weighted by molar-refractivity contribution is 6.42. The Labute approximate surface area is 129 Å². The Kier molecular flexibility index (Phi) is 4.54. The number of benzene rings is 1. The molecule has 0 saturated carbocycles. The van der Waals surface area contributed by atoms with E-state index in [4.69, 9.17) is 28.3 Å². The third-order valence-electron chi connectivity index (χ3n) is 2.90. The molecule has 3 N–H and O–H groups in total. The highest BCUT2D eigenvalue weighted by Gasteiger charge is 2.35. The van der Waals surface area contributed by atoms with Crippen molar-refractivity contribution in [2.45, 2.75) is 6.04 Å². The van der Waals surface area contributed by atoms with Crippen LogP contribution in [0.15, 0.2) is 18.2 Å². The lowest BCUT2D eigenvalue weighted by Crippen LogP contribution is -2.60. The maximum absolute atomic E-state index is 12.1. The molecular weight excluding hydrogens is 321 g/mol. The predicted molar refractivity (Wildman–Crippen MR) is 76.6 cm³/mol. The lowest BCUT2D eigenvalue weighted by Gasteiger charge is -2.32. The van der Waals surface area contributed by atoms with Crippen LogP contribution in [-0.2, 0) is 9.59 Å². The predicted octanol–water partition coefficient (Wildman–Crippen LogP) is 1.41. The van der Waals surface area contributed by atoms with Crippen molar-refractivity contribution in [3.05, 3.63) is 28.2 Å². The molecule has 2 rings (SSSR count). The van der Waals surface area contributed by atoms with Gasteiger partial charge in [0.05, 0.1) is 10.0 Å². The largest absolute Gasteiger partial charge is 0.480 e. The van der Waals surface area contributed by atoms with E-state index in [2.05, 4.69) is 10.6 Å². The smallest absolute Gasteiger partial charge is 0.328 e. The molecule has 3 amide bonds. The summed E-state index contributed by atoms with van der Waals surface area (Å²) in [6.45, 7) is -0.465. The molecule has 0 aliphatic carbocycles. The van der Waals surface area contributed by atoms with Crippen LogP contribution in [0.1, 0.15) is 0 Å². The molecule has 1 saturated heterocycles. The van der Waals surface area contributed by atoms with Gasteiger partial charge in [-0.2, -0.15) is 0 Å². The summed E-state index contributed by atoms with van der Waals surface area (Å²) in [7, 11) is 0. The Morgan fingerprint density at radius 3 is 2.67 bits per heavy atom. The van der Waals surface area contributed by atoms with Crippen LogP contribution in [0.2, 0.25) is 10.0 Å². The zero-order chi connectivity index (χ0) is 15.6. The number of aliphatic carboxylic acids is 1. The van der Waals surface area contributed by atoms with Crippen molar-refractivity contribution < 1.29 is 19.5 Å². The molecule has 1 heterocycles. The van der Waals surface area contributed by atoms with Crippen molar-refractivity contribution in [1.82, 2.24) is 10.2 Å². The standard InChI is InChI=1S/C12H11Cl2N3O4/c13-7-2-1-6(3-8(7)14)16-12(21)17-5-10(18)15-4-9(17)11(19)20/h1-3,9H,4-5H2,(H,15,18)(H,16,21)(H,19,20). The summed E-state index contributed by atoms with van der Waals surface area (Å²) >= 11 is 11.6. The van der Waals surface area contributed by atoms with Crippen LogP contribution in [0.5, 0.6) is 0 Å². The zero-order valence-electron chi connectivity index (χ0n) is 10.6. The van der Waals surface area contributed by atoms with Crippen LogP contribution < -0.4 is 10.6 Å². The van der Waals surface area contributed by atoms with Gasteiger partial charge in [-0.3, -0.25) is 9.69 Å². The summed E-state index contributed by atoms with van der Waals surface area (Å²) in [5, 5.41) is 14.5. The van der Waals surface area contributed by atoms with Crippen molar-refractivity contribution in [2.75, 3.05) is 18.4 Å². The number of hydrogen-bond acceptors (Lipinski definition) is 3. The maximum Gasteiger partial charge on any atom is 0.328 e. The number of amides is 3. The molecule has 0 spiro atoms. The van der Waals surface area contributed by atoms with E-state index < -0.39 is 23.9 Å². The minimum atomic E-state index is -1.20. The molecule has 1 unspecified atom stereocenters. The molecule has 1 aliphatic heterocycles. The fourth-order valence-corrected chi connectivity index (χ4v) is 2.14. The summed E-state index contributed by atoms with van der Waals surface area (Å²) in [5.41, 5.74) is 0.351. The SMILES string of the molecule is O=C1CN(C(=O)Nc2ccc(Cl)c(Cl)c2)C(C(=O)O)CN1. The van der Waals surface area contributed by atoms with Crippen LogP contribution in [0.3, 0.4) is 0 Å². The van der Waals surface area contributed by atoms with E-state index >= 15 is 0 Å². The van der Waals surface area contributed by atoms with Crippen molar-refractivity contribution in [3.8, 4) is 0 Å². The molecule has 9 heteroatoms. The molecule has 7 nitrogen and oxygen atoms in total. The van der Waals surface area contributed by atoms with Gasteiger partial charge in [0, 0.05) is 12.2 Å². The van der Waals surface area contributed by atoms with Crippen molar-refractivity contribution >= 4 is 46.8 Å². The number of carboxylic acids is 1. The number of nitrogens with zero attached hydrogens (tertiary/aromatic N) is 1. The lowest BCUT2D eigenvalue weighted by atomic mass is 10.2. The fraction of sp³-hybridized carbons (Fsp3) is 0.250. The zero-order valence-corrected chi connectivity index (χ0v) is 12.1. The Morgan fingerprint density at radius 1 is 1.33 bits per heavy atom. The van der Waals surface area contributed by atoms with Gasteiger partial charge < -0.3 is 15.7 Å². The van der Waals surface area contributed by atoms with Gasteiger partial charge in [0.2, 0.25) is 5.91 Å². The molecule has 1 fully saturated rings. The van der Waals surface area contributed by atoms with Gasteiger partial charge in [-0.05, 0) is 18.2 Å². The summed E-state index contributed by atoms with van der Waals surface area (Å²) < 4.78 is 0. The van der Waals surface area contributed by atoms with E-state index in [1.807, 2.05) is 0 Å². The number of carboxylic acid groups (broad SMARTS) is 1. The first-order chi connectivity index (χ1) is 9.88. The normalized spacial score (nSPS) is 18.1. The van der Waals surface area contributed by atoms with Gasteiger partial charge in [-0.15, -0.1) is 0 Å². The average Bonchev–Trinajstić information content (AvgIpc) is 2.42. The Balaban J connectivity index is 2.14. The van der Waals surface area contributed by atoms with E-state index in [1.165, 1.54) is 18.2 Å². The van der Waals surface area contributed by atoms with Crippen LogP contribution in [0.25, 0.3) is 0 Å². The highest BCUT2D eigenvalue weighted by Crippen LogP contribution is 2.25. The number of anilines is 1.